The number of halogens is 1. The molecule has 2 nitrogen and oxygen atoms in total. The molecule has 2 aromatic rings. The largest absolute Gasteiger partial charge is 1.00 e. The molecule has 0 radical (unpaired) electrons. The van der Waals surface area contributed by atoms with E-state index in [2.05, 4.69) is 78.4 Å². The van der Waals surface area contributed by atoms with E-state index < -0.39 is 0 Å². The van der Waals surface area contributed by atoms with E-state index in [1.165, 1.54) is 16.5 Å². The molecule has 0 aromatic heterocycles. The second-order valence-corrected chi connectivity index (χ2v) is 5.05. The molecule has 4 heteroatoms. The van der Waals surface area contributed by atoms with Crippen LogP contribution in [-0.2, 0) is 0 Å². The minimum Gasteiger partial charge on any atom is -1.00 e. The predicted octanol–water partition coefficient (Wildman–Crippen LogP) is 0.820. The molecule has 20 heavy (non-hydrogen) atoms. The SMILES string of the molecule is CSC(N(C)c1ccccc1)=[N+](C)c1ccccc1.[I-]. The van der Waals surface area contributed by atoms with Gasteiger partial charge in [-0.2, -0.15) is 0 Å². The average molecular weight is 398 g/mol. The van der Waals surface area contributed by atoms with Crippen LogP contribution in [0.4, 0.5) is 11.4 Å². The number of benzene rings is 2. The van der Waals surface area contributed by atoms with E-state index >= 15 is 0 Å². The smallest absolute Gasteiger partial charge is 0.317 e. The van der Waals surface area contributed by atoms with Crippen LogP contribution in [0.1, 0.15) is 0 Å². The summed E-state index contributed by atoms with van der Waals surface area (Å²) < 4.78 is 2.21. The maximum Gasteiger partial charge on any atom is 0.317 e. The second-order valence-electron chi connectivity index (χ2n) is 4.28. The third-order valence-corrected chi connectivity index (χ3v) is 3.96. The standard InChI is InChI=1S/C16H19N2S.HI/c1-17(14-10-6-4-7-11-14)16(19-3)18(2)15-12-8-5-9-13-15;/h4-13H,1-3H3;1H/q+1;/p-1. The van der Waals surface area contributed by atoms with E-state index in [9.17, 15) is 0 Å². The molecule has 0 spiro atoms. The van der Waals surface area contributed by atoms with Gasteiger partial charge in [0.15, 0.2) is 0 Å². The first kappa shape index (κ1) is 17.0. The quantitative estimate of drug-likeness (QED) is 0.320. The summed E-state index contributed by atoms with van der Waals surface area (Å²) in [6.45, 7) is 0. The van der Waals surface area contributed by atoms with Crippen LogP contribution in [0.5, 0.6) is 0 Å². The maximum atomic E-state index is 2.21. The van der Waals surface area contributed by atoms with E-state index in [1.54, 1.807) is 11.8 Å². The number of rotatable bonds is 2. The Morgan fingerprint density at radius 3 is 1.95 bits per heavy atom. The van der Waals surface area contributed by atoms with Crippen molar-refractivity contribution in [3.63, 3.8) is 0 Å². The molecule has 0 saturated heterocycles. The van der Waals surface area contributed by atoms with Crippen molar-refractivity contribution in [3.8, 4) is 0 Å². The van der Waals surface area contributed by atoms with Gasteiger partial charge in [-0.15, -0.1) is 0 Å². The van der Waals surface area contributed by atoms with Crippen molar-refractivity contribution >= 4 is 28.3 Å². The van der Waals surface area contributed by atoms with E-state index in [0.29, 0.717) is 0 Å². The van der Waals surface area contributed by atoms with Gasteiger partial charge in [-0.05, 0) is 42.3 Å². The van der Waals surface area contributed by atoms with Crippen LogP contribution in [0, 0.1) is 0 Å². The van der Waals surface area contributed by atoms with Crippen LogP contribution in [0.2, 0.25) is 0 Å². The fraction of sp³-hybridized carbons (Fsp3) is 0.188. The highest BCUT2D eigenvalue weighted by Gasteiger charge is 2.19. The van der Waals surface area contributed by atoms with Crippen molar-refractivity contribution in [2.45, 2.75) is 0 Å². The van der Waals surface area contributed by atoms with Crippen LogP contribution < -0.4 is 28.9 Å². The van der Waals surface area contributed by atoms with Gasteiger partial charge in [-0.25, -0.2) is 9.48 Å². The molecule has 0 saturated carbocycles. The molecule has 0 aliphatic carbocycles. The van der Waals surface area contributed by atoms with Gasteiger partial charge in [0.05, 0.1) is 14.1 Å². The zero-order valence-electron chi connectivity index (χ0n) is 12.0. The summed E-state index contributed by atoms with van der Waals surface area (Å²) in [5, 5.41) is 1.19. The van der Waals surface area contributed by atoms with Crippen molar-refractivity contribution in [2.75, 3.05) is 25.3 Å². The summed E-state index contributed by atoms with van der Waals surface area (Å²) in [4.78, 5) is 2.21. The van der Waals surface area contributed by atoms with Crippen LogP contribution in [0.25, 0.3) is 0 Å². The number of para-hydroxylation sites is 2. The van der Waals surface area contributed by atoms with Crippen LogP contribution >= 0.6 is 11.8 Å². The first-order valence-corrected chi connectivity index (χ1v) is 7.45. The van der Waals surface area contributed by atoms with Gasteiger partial charge in [-0.3, -0.25) is 0 Å². The Bertz CT molecular complexity index is 555. The number of thioether (sulfide) groups is 1. The van der Waals surface area contributed by atoms with E-state index in [0.717, 1.165) is 0 Å². The lowest BCUT2D eigenvalue weighted by Crippen LogP contribution is -3.00. The molecule has 0 unspecified atom stereocenters. The van der Waals surface area contributed by atoms with E-state index in [4.69, 9.17) is 0 Å². The number of anilines is 1. The Kier molecular flexibility index (Phi) is 7.09. The minimum atomic E-state index is 0. The fourth-order valence-electron chi connectivity index (χ4n) is 2.02. The number of hydrogen-bond donors (Lipinski definition) is 0. The normalized spacial score (nSPS) is 11.3. The Morgan fingerprint density at radius 2 is 1.45 bits per heavy atom. The summed E-state index contributed by atoms with van der Waals surface area (Å²) in [5.74, 6) is 0. The fourth-order valence-corrected chi connectivity index (χ4v) is 2.78. The first-order chi connectivity index (χ1) is 9.24. The van der Waals surface area contributed by atoms with Gasteiger partial charge in [0.2, 0.25) is 0 Å². The summed E-state index contributed by atoms with van der Waals surface area (Å²) in [6.07, 6.45) is 2.11. The van der Waals surface area contributed by atoms with Gasteiger partial charge >= 0.3 is 5.17 Å². The highest BCUT2D eigenvalue weighted by Crippen LogP contribution is 2.19. The predicted molar refractivity (Wildman–Crippen MR) is 85.7 cm³/mol. The molecular weight excluding hydrogens is 379 g/mol. The number of amidine groups is 1. The van der Waals surface area contributed by atoms with Crippen molar-refractivity contribution < 1.29 is 28.6 Å². The lowest BCUT2D eigenvalue weighted by atomic mass is 10.3. The summed E-state index contributed by atoms with van der Waals surface area (Å²) in [7, 11) is 4.20. The first-order valence-electron chi connectivity index (χ1n) is 6.22. The molecule has 0 aliphatic rings. The molecule has 0 aliphatic heterocycles. The Hall–Kier alpha value is -1.01. The molecule has 0 bridgehead atoms. The van der Waals surface area contributed by atoms with Crippen LogP contribution in [0.3, 0.4) is 0 Å². The molecule has 0 N–H and O–H groups in total. The Morgan fingerprint density at radius 1 is 0.950 bits per heavy atom. The monoisotopic (exact) mass is 398 g/mol. The molecule has 2 rings (SSSR count). The Labute approximate surface area is 142 Å². The highest BCUT2D eigenvalue weighted by atomic mass is 127. The third-order valence-electron chi connectivity index (χ3n) is 3.04. The summed E-state index contributed by atoms with van der Waals surface area (Å²) in [6, 6.07) is 20.8. The Balaban J connectivity index is 0.00000200. The van der Waals surface area contributed by atoms with Gasteiger partial charge in [0, 0.05) is 0 Å². The lowest BCUT2D eigenvalue weighted by molar-refractivity contribution is -0.402. The van der Waals surface area contributed by atoms with Crippen LogP contribution in [0.15, 0.2) is 60.7 Å². The third kappa shape index (κ3) is 3.99. The lowest BCUT2D eigenvalue weighted by Gasteiger charge is -2.15. The number of hydrogen-bond acceptors (Lipinski definition) is 1. The van der Waals surface area contributed by atoms with Crippen LogP contribution in [-0.4, -0.2) is 30.1 Å². The highest BCUT2D eigenvalue weighted by molar-refractivity contribution is 8.13. The van der Waals surface area contributed by atoms with Crippen molar-refractivity contribution in [1.29, 1.82) is 0 Å². The van der Waals surface area contributed by atoms with Gasteiger partial charge in [-0.1, -0.05) is 36.4 Å². The zero-order chi connectivity index (χ0) is 13.7. The average Bonchev–Trinajstić information content (AvgIpc) is 2.49. The van der Waals surface area contributed by atoms with Gasteiger partial charge < -0.3 is 24.0 Å². The van der Waals surface area contributed by atoms with Crippen molar-refractivity contribution in [3.05, 3.63) is 60.7 Å². The molecule has 0 heterocycles. The molecular formula is C16H19IN2S. The summed E-state index contributed by atoms with van der Waals surface area (Å²) >= 11 is 1.74. The molecule has 0 atom stereocenters. The minimum absolute atomic E-state index is 0. The zero-order valence-corrected chi connectivity index (χ0v) is 14.9. The molecule has 106 valence electrons. The topological polar surface area (TPSA) is 6.25 Å². The second kappa shape index (κ2) is 8.32. The van der Waals surface area contributed by atoms with Gasteiger partial charge in [0.25, 0.3) is 0 Å². The molecule has 2 aromatic carbocycles. The number of nitrogens with zero attached hydrogens (tertiary/aromatic N) is 2. The van der Waals surface area contributed by atoms with Gasteiger partial charge in [0.1, 0.15) is 11.4 Å². The maximum absolute atomic E-state index is 2.21. The summed E-state index contributed by atoms with van der Waals surface area (Å²) in [5.41, 5.74) is 2.38. The van der Waals surface area contributed by atoms with E-state index in [-0.39, 0.29) is 24.0 Å². The van der Waals surface area contributed by atoms with E-state index in [1.807, 2.05) is 12.1 Å². The van der Waals surface area contributed by atoms with Crippen molar-refractivity contribution in [1.82, 2.24) is 0 Å². The molecule has 0 fully saturated rings. The van der Waals surface area contributed by atoms with Crippen molar-refractivity contribution in [2.24, 2.45) is 0 Å². The molecule has 0 amide bonds.